The lowest BCUT2D eigenvalue weighted by Gasteiger charge is -2.20. The van der Waals surface area contributed by atoms with Crippen molar-refractivity contribution in [3.63, 3.8) is 0 Å². The van der Waals surface area contributed by atoms with Crippen molar-refractivity contribution in [1.29, 1.82) is 0 Å². The molecule has 0 radical (unpaired) electrons. The third-order valence-corrected chi connectivity index (χ3v) is 3.45. The average Bonchev–Trinajstić information content (AvgIpc) is 2.69. The molecule has 0 bridgehead atoms. The predicted octanol–water partition coefficient (Wildman–Crippen LogP) is 3.44. The number of benzene rings is 1. The Kier molecular flexibility index (Phi) is 4.29. The Labute approximate surface area is 122 Å². The summed E-state index contributed by atoms with van der Waals surface area (Å²) in [4.78, 5) is 0. The van der Waals surface area contributed by atoms with Crippen molar-refractivity contribution < 1.29 is 0 Å². The first-order valence-corrected chi connectivity index (χ1v) is 7.17. The zero-order valence-corrected chi connectivity index (χ0v) is 13.2. The van der Waals surface area contributed by atoms with Crippen LogP contribution in [0, 0.1) is 13.8 Å². The van der Waals surface area contributed by atoms with Gasteiger partial charge in [-0.2, -0.15) is 5.10 Å². The molecule has 0 saturated heterocycles. The van der Waals surface area contributed by atoms with Gasteiger partial charge in [0.05, 0.1) is 12.2 Å². The minimum absolute atomic E-state index is 0.130. The van der Waals surface area contributed by atoms with Gasteiger partial charge in [-0.05, 0) is 45.7 Å². The molecule has 2 aromatic rings. The van der Waals surface area contributed by atoms with Crippen molar-refractivity contribution >= 4 is 0 Å². The number of hydrogen-bond donors (Lipinski definition) is 1. The number of hydrogen-bond acceptors (Lipinski definition) is 2. The van der Waals surface area contributed by atoms with E-state index in [0.29, 0.717) is 0 Å². The molecule has 1 N–H and O–H groups in total. The predicted molar refractivity (Wildman–Crippen MR) is 83.8 cm³/mol. The van der Waals surface area contributed by atoms with Gasteiger partial charge in [-0.15, -0.1) is 0 Å². The Hall–Kier alpha value is -1.61. The number of nitrogens with zero attached hydrogens (tertiary/aromatic N) is 2. The molecule has 0 atom stereocenters. The Balaban J connectivity index is 2.09. The van der Waals surface area contributed by atoms with Gasteiger partial charge in [-0.25, -0.2) is 0 Å². The van der Waals surface area contributed by atoms with Crippen molar-refractivity contribution in [2.45, 2.75) is 53.2 Å². The van der Waals surface area contributed by atoms with Gasteiger partial charge in [0.1, 0.15) is 0 Å². The van der Waals surface area contributed by atoms with Crippen LogP contribution in [0.15, 0.2) is 30.5 Å². The third-order valence-electron chi connectivity index (χ3n) is 3.45. The maximum absolute atomic E-state index is 4.62. The zero-order chi connectivity index (χ0) is 14.8. The highest BCUT2D eigenvalue weighted by Crippen LogP contribution is 2.12. The summed E-state index contributed by atoms with van der Waals surface area (Å²) in [6.45, 7) is 12.5. The first-order chi connectivity index (χ1) is 9.35. The monoisotopic (exact) mass is 271 g/mol. The van der Waals surface area contributed by atoms with E-state index in [-0.39, 0.29) is 5.54 Å². The summed E-state index contributed by atoms with van der Waals surface area (Å²) in [5.74, 6) is 0. The van der Waals surface area contributed by atoms with Crippen molar-refractivity contribution in [1.82, 2.24) is 15.1 Å². The summed E-state index contributed by atoms with van der Waals surface area (Å²) >= 11 is 0. The summed E-state index contributed by atoms with van der Waals surface area (Å²) in [6.07, 6.45) is 2.15. The van der Waals surface area contributed by atoms with E-state index in [0.717, 1.165) is 18.8 Å². The Morgan fingerprint density at radius 2 is 1.80 bits per heavy atom. The summed E-state index contributed by atoms with van der Waals surface area (Å²) in [5, 5.41) is 8.14. The zero-order valence-electron chi connectivity index (χ0n) is 13.2. The molecular weight excluding hydrogens is 246 g/mol. The Morgan fingerprint density at radius 1 is 1.10 bits per heavy atom. The van der Waals surface area contributed by atoms with Crippen molar-refractivity contribution in [2.75, 3.05) is 0 Å². The molecule has 2 rings (SSSR count). The quantitative estimate of drug-likeness (QED) is 0.923. The normalized spacial score (nSPS) is 11.8. The molecule has 0 unspecified atom stereocenters. The van der Waals surface area contributed by atoms with Crippen LogP contribution in [0.3, 0.4) is 0 Å². The Bertz CT molecular complexity index is 576. The van der Waals surface area contributed by atoms with Crippen LogP contribution in [0.25, 0.3) is 0 Å². The van der Waals surface area contributed by atoms with Crippen molar-refractivity contribution in [3.05, 3.63) is 52.8 Å². The maximum atomic E-state index is 4.62. The summed E-state index contributed by atoms with van der Waals surface area (Å²) in [5.41, 5.74) is 5.15. The van der Waals surface area contributed by atoms with Gasteiger partial charge < -0.3 is 5.32 Å². The lowest BCUT2D eigenvalue weighted by Crippen LogP contribution is -2.35. The average molecular weight is 271 g/mol. The minimum atomic E-state index is 0.130. The third kappa shape index (κ3) is 3.94. The van der Waals surface area contributed by atoms with Crippen LogP contribution >= 0.6 is 0 Å². The van der Waals surface area contributed by atoms with Crippen LogP contribution in [0.5, 0.6) is 0 Å². The van der Waals surface area contributed by atoms with Crippen LogP contribution in [0.2, 0.25) is 0 Å². The molecule has 0 saturated carbocycles. The molecule has 0 aliphatic carbocycles. The summed E-state index contributed by atoms with van der Waals surface area (Å²) in [7, 11) is 0. The van der Waals surface area contributed by atoms with Crippen LogP contribution in [-0.4, -0.2) is 15.3 Å². The fourth-order valence-corrected chi connectivity index (χ4v) is 2.14. The molecule has 3 heteroatoms. The van der Waals surface area contributed by atoms with E-state index in [9.17, 15) is 0 Å². The molecule has 3 nitrogen and oxygen atoms in total. The molecule has 20 heavy (non-hydrogen) atoms. The number of aromatic nitrogens is 2. The molecule has 1 aromatic carbocycles. The second-order valence-corrected chi connectivity index (χ2v) is 6.47. The van der Waals surface area contributed by atoms with E-state index in [2.05, 4.69) is 75.5 Å². The number of rotatable bonds is 4. The van der Waals surface area contributed by atoms with Crippen LogP contribution in [0.1, 0.15) is 43.2 Å². The smallest absolute Gasteiger partial charge is 0.0662 e. The Morgan fingerprint density at radius 3 is 2.45 bits per heavy atom. The molecule has 0 amide bonds. The highest BCUT2D eigenvalue weighted by Gasteiger charge is 2.11. The maximum Gasteiger partial charge on any atom is 0.0662 e. The first-order valence-electron chi connectivity index (χ1n) is 7.17. The second kappa shape index (κ2) is 5.80. The number of aryl methyl sites for hydroxylation is 2. The van der Waals surface area contributed by atoms with Gasteiger partial charge in [-0.3, -0.25) is 4.68 Å². The van der Waals surface area contributed by atoms with E-state index < -0.39 is 0 Å². The van der Waals surface area contributed by atoms with E-state index in [1.54, 1.807) is 0 Å². The summed E-state index contributed by atoms with van der Waals surface area (Å²) in [6, 6.07) is 8.47. The topological polar surface area (TPSA) is 29.9 Å². The molecule has 0 spiro atoms. The van der Waals surface area contributed by atoms with Crippen molar-refractivity contribution in [3.8, 4) is 0 Å². The van der Waals surface area contributed by atoms with E-state index in [1.807, 2.05) is 4.68 Å². The molecular formula is C17H25N3. The highest BCUT2D eigenvalue weighted by molar-refractivity contribution is 5.26. The molecule has 0 aliphatic heterocycles. The molecule has 0 fully saturated rings. The molecule has 1 heterocycles. The van der Waals surface area contributed by atoms with Gasteiger partial charge in [0, 0.05) is 23.8 Å². The molecule has 1 aromatic heterocycles. The second-order valence-electron chi connectivity index (χ2n) is 6.47. The fraction of sp³-hybridized carbons (Fsp3) is 0.471. The van der Waals surface area contributed by atoms with E-state index in [1.165, 1.54) is 16.7 Å². The molecule has 108 valence electrons. The van der Waals surface area contributed by atoms with Gasteiger partial charge in [0.25, 0.3) is 0 Å². The SMILES string of the molecule is Cc1ccccc1Cn1cc(CNC(C)(C)C)c(C)n1. The number of nitrogens with one attached hydrogen (secondary N) is 1. The van der Waals surface area contributed by atoms with Gasteiger partial charge in [-0.1, -0.05) is 24.3 Å². The van der Waals surface area contributed by atoms with Crippen LogP contribution in [-0.2, 0) is 13.1 Å². The molecule has 0 aliphatic rings. The summed E-state index contributed by atoms with van der Waals surface area (Å²) < 4.78 is 2.04. The van der Waals surface area contributed by atoms with Gasteiger partial charge in [0.2, 0.25) is 0 Å². The van der Waals surface area contributed by atoms with E-state index in [4.69, 9.17) is 0 Å². The standard InChI is InChI=1S/C17H25N3/c1-13-8-6-7-9-15(13)11-20-12-16(14(2)19-20)10-18-17(3,4)5/h6-9,12,18H,10-11H2,1-5H3. The van der Waals surface area contributed by atoms with Crippen LogP contribution in [0.4, 0.5) is 0 Å². The van der Waals surface area contributed by atoms with Gasteiger partial charge in [0.15, 0.2) is 0 Å². The van der Waals surface area contributed by atoms with Crippen LogP contribution < -0.4 is 5.32 Å². The fourth-order valence-electron chi connectivity index (χ4n) is 2.14. The lowest BCUT2D eigenvalue weighted by molar-refractivity contribution is 0.423. The minimum Gasteiger partial charge on any atom is -0.308 e. The van der Waals surface area contributed by atoms with Crippen molar-refractivity contribution in [2.24, 2.45) is 0 Å². The first kappa shape index (κ1) is 14.8. The highest BCUT2D eigenvalue weighted by atomic mass is 15.3. The largest absolute Gasteiger partial charge is 0.308 e. The van der Waals surface area contributed by atoms with Gasteiger partial charge >= 0.3 is 0 Å². The lowest BCUT2D eigenvalue weighted by atomic mass is 10.1. The van der Waals surface area contributed by atoms with E-state index >= 15 is 0 Å².